The predicted molar refractivity (Wildman–Crippen MR) is 69.0 cm³/mol. The van der Waals surface area contributed by atoms with Gasteiger partial charge < -0.3 is 5.73 Å². The van der Waals surface area contributed by atoms with E-state index in [9.17, 15) is 0 Å². The molecule has 0 saturated carbocycles. The van der Waals surface area contributed by atoms with Gasteiger partial charge >= 0.3 is 0 Å². The van der Waals surface area contributed by atoms with Crippen molar-refractivity contribution in [2.24, 2.45) is 0 Å². The molecule has 2 heterocycles. The molecule has 5 nitrogen and oxygen atoms in total. The van der Waals surface area contributed by atoms with Gasteiger partial charge in [-0.25, -0.2) is 14.6 Å². The molecule has 0 aliphatic carbocycles. The van der Waals surface area contributed by atoms with Crippen molar-refractivity contribution in [3.63, 3.8) is 0 Å². The molecule has 2 aromatic heterocycles. The Balaban J connectivity index is 1.97. The van der Waals surface area contributed by atoms with Gasteiger partial charge in [0.05, 0.1) is 35.5 Å². The van der Waals surface area contributed by atoms with E-state index in [2.05, 4.69) is 15.1 Å². The Labute approximate surface area is 104 Å². The van der Waals surface area contributed by atoms with E-state index < -0.39 is 0 Å². The predicted octanol–water partition coefficient (Wildman–Crippen LogP) is 1.91. The SMILES string of the molecule is Nc1cnc(-c2cnn(-c3ccccc3)c2)nc1. The largest absolute Gasteiger partial charge is 0.396 e. The second kappa shape index (κ2) is 4.29. The van der Waals surface area contributed by atoms with Gasteiger partial charge in [0.15, 0.2) is 5.82 Å². The molecule has 5 heteroatoms. The van der Waals surface area contributed by atoms with E-state index in [-0.39, 0.29) is 0 Å². The summed E-state index contributed by atoms with van der Waals surface area (Å²) < 4.78 is 1.79. The number of nitrogens with zero attached hydrogens (tertiary/aromatic N) is 4. The Morgan fingerprint density at radius 1 is 0.944 bits per heavy atom. The first kappa shape index (κ1) is 10.5. The zero-order valence-corrected chi connectivity index (χ0v) is 9.56. The number of benzene rings is 1. The van der Waals surface area contributed by atoms with Crippen LogP contribution in [0, 0.1) is 0 Å². The third-order valence-corrected chi connectivity index (χ3v) is 2.53. The van der Waals surface area contributed by atoms with Gasteiger partial charge in [-0.2, -0.15) is 5.10 Å². The Hall–Kier alpha value is -2.69. The van der Waals surface area contributed by atoms with Crippen LogP contribution in [0.4, 0.5) is 5.69 Å². The molecule has 0 fully saturated rings. The highest BCUT2D eigenvalue weighted by molar-refractivity contribution is 5.54. The summed E-state index contributed by atoms with van der Waals surface area (Å²) >= 11 is 0. The van der Waals surface area contributed by atoms with Gasteiger partial charge in [0.1, 0.15) is 0 Å². The number of hydrogen-bond acceptors (Lipinski definition) is 4. The van der Waals surface area contributed by atoms with E-state index >= 15 is 0 Å². The summed E-state index contributed by atoms with van der Waals surface area (Å²) in [6.45, 7) is 0. The monoisotopic (exact) mass is 237 g/mol. The molecular formula is C13H11N5. The van der Waals surface area contributed by atoms with E-state index in [1.54, 1.807) is 23.3 Å². The third-order valence-electron chi connectivity index (χ3n) is 2.53. The fraction of sp³-hybridized carbons (Fsp3) is 0. The first-order valence-corrected chi connectivity index (χ1v) is 5.51. The van der Waals surface area contributed by atoms with Crippen LogP contribution in [-0.4, -0.2) is 19.7 Å². The lowest BCUT2D eigenvalue weighted by Crippen LogP contribution is -1.93. The van der Waals surface area contributed by atoms with Gasteiger partial charge in [0.2, 0.25) is 0 Å². The molecule has 0 saturated heterocycles. The first-order chi connectivity index (χ1) is 8.83. The van der Waals surface area contributed by atoms with E-state index in [1.165, 1.54) is 0 Å². The standard InChI is InChI=1S/C13H11N5/c14-11-7-15-13(16-8-11)10-6-17-18(9-10)12-4-2-1-3-5-12/h1-9H,14H2. The summed E-state index contributed by atoms with van der Waals surface area (Å²) in [5.74, 6) is 0.617. The Morgan fingerprint density at radius 3 is 2.39 bits per heavy atom. The van der Waals surface area contributed by atoms with Crippen LogP contribution in [0.25, 0.3) is 17.1 Å². The Morgan fingerprint density at radius 2 is 1.67 bits per heavy atom. The van der Waals surface area contributed by atoms with Crippen LogP contribution in [0.1, 0.15) is 0 Å². The molecule has 0 amide bonds. The molecule has 88 valence electrons. The van der Waals surface area contributed by atoms with Gasteiger partial charge in [-0.15, -0.1) is 0 Å². The average molecular weight is 237 g/mol. The maximum absolute atomic E-state index is 5.56. The summed E-state index contributed by atoms with van der Waals surface area (Å²) in [6.07, 6.45) is 6.80. The Bertz CT molecular complexity index is 643. The number of nitrogens with two attached hydrogens (primary N) is 1. The topological polar surface area (TPSA) is 69.6 Å². The summed E-state index contributed by atoms with van der Waals surface area (Å²) in [4.78, 5) is 8.33. The number of aromatic nitrogens is 4. The van der Waals surface area contributed by atoms with Crippen LogP contribution >= 0.6 is 0 Å². The maximum Gasteiger partial charge on any atom is 0.162 e. The van der Waals surface area contributed by atoms with Gasteiger partial charge in [-0.05, 0) is 12.1 Å². The van der Waals surface area contributed by atoms with Gasteiger partial charge in [-0.3, -0.25) is 0 Å². The molecule has 0 bridgehead atoms. The van der Waals surface area contributed by atoms with Crippen molar-refractivity contribution >= 4 is 5.69 Å². The van der Waals surface area contributed by atoms with Crippen molar-refractivity contribution in [2.75, 3.05) is 5.73 Å². The van der Waals surface area contributed by atoms with Crippen LogP contribution < -0.4 is 5.73 Å². The van der Waals surface area contributed by atoms with Gasteiger partial charge in [-0.1, -0.05) is 18.2 Å². The van der Waals surface area contributed by atoms with Crippen molar-refractivity contribution in [3.8, 4) is 17.1 Å². The van der Waals surface area contributed by atoms with Crippen LogP contribution in [0.5, 0.6) is 0 Å². The average Bonchev–Trinajstić information content (AvgIpc) is 2.90. The normalized spacial score (nSPS) is 10.4. The number of nitrogen functional groups attached to an aromatic ring is 1. The lowest BCUT2D eigenvalue weighted by atomic mass is 10.3. The molecule has 0 atom stereocenters. The minimum atomic E-state index is 0.550. The van der Waals surface area contributed by atoms with E-state index in [0.717, 1.165) is 11.3 Å². The van der Waals surface area contributed by atoms with Crippen molar-refractivity contribution in [2.45, 2.75) is 0 Å². The summed E-state index contributed by atoms with van der Waals surface area (Å²) in [5.41, 5.74) is 7.96. The van der Waals surface area contributed by atoms with Crippen LogP contribution in [0.3, 0.4) is 0 Å². The zero-order valence-electron chi connectivity index (χ0n) is 9.56. The lowest BCUT2D eigenvalue weighted by molar-refractivity contribution is 0.880. The quantitative estimate of drug-likeness (QED) is 0.739. The molecule has 3 rings (SSSR count). The molecule has 0 spiro atoms. The van der Waals surface area contributed by atoms with E-state index in [0.29, 0.717) is 11.5 Å². The highest BCUT2D eigenvalue weighted by atomic mass is 15.3. The highest BCUT2D eigenvalue weighted by Crippen LogP contribution is 2.16. The minimum absolute atomic E-state index is 0.550. The second-order valence-corrected chi connectivity index (χ2v) is 3.85. The summed E-state index contributed by atoms with van der Waals surface area (Å²) in [5, 5.41) is 4.29. The highest BCUT2D eigenvalue weighted by Gasteiger charge is 2.05. The Kier molecular flexibility index (Phi) is 2.49. The first-order valence-electron chi connectivity index (χ1n) is 5.51. The molecule has 0 unspecified atom stereocenters. The van der Waals surface area contributed by atoms with Crippen molar-refractivity contribution < 1.29 is 0 Å². The molecule has 0 aliphatic rings. The smallest absolute Gasteiger partial charge is 0.162 e. The van der Waals surface area contributed by atoms with Crippen LogP contribution in [0.2, 0.25) is 0 Å². The molecule has 1 aromatic carbocycles. The van der Waals surface area contributed by atoms with Crippen molar-refractivity contribution in [3.05, 3.63) is 55.1 Å². The number of rotatable bonds is 2. The van der Waals surface area contributed by atoms with Crippen LogP contribution in [0.15, 0.2) is 55.1 Å². The maximum atomic E-state index is 5.56. The third kappa shape index (κ3) is 1.93. The van der Waals surface area contributed by atoms with Crippen LogP contribution in [-0.2, 0) is 0 Å². The van der Waals surface area contributed by atoms with E-state index in [4.69, 9.17) is 5.73 Å². The van der Waals surface area contributed by atoms with Crippen molar-refractivity contribution in [1.29, 1.82) is 0 Å². The molecule has 3 aromatic rings. The number of hydrogen-bond donors (Lipinski definition) is 1. The second-order valence-electron chi connectivity index (χ2n) is 3.85. The van der Waals surface area contributed by atoms with Gasteiger partial charge in [0.25, 0.3) is 0 Å². The number of anilines is 1. The summed E-state index contributed by atoms with van der Waals surface area (Å²) in [6, 6.07) is 9.88. The zero-order chi connectivity index (χ0) is 12.4. The molecule has 2 N–H and O–H groups in total. The van der Waals surface area contributed by atoms with E-state index in [1.807, 2.05) is 36.5 Å². The minimum Gasteiger partial charge on any atom is -0.396 e. The van der Waals surface area contributed by atoms with Gasteiger partial charge in [0, 0.05) is 6.20 Å². The molecular weight excluding hydrogens is 226 g/mol. The summed E-state index contributed by atoms with van der Waals surface area (Å²) in [7, 11) is 0. The fourth-order valence-corrected chi connectivity index (χ4v) is 1.65. The fourth-order valence-electron chi connectivity index (χ4n) is 1.65. The lowest BCUT2D eigenvalue weighted by Gasteiger charge is -1.99. The molecule has 18 heavy (non-hydrogen) atoms. The molecule has 0 aliphatic heterocycles. The number of para-hydroxylation sites is 1. The van der Waals surface area contributed by atoms with Crippen molar-refractivity contribution in [1.82, 2.24) is 19.7 Å². The molecule has 0 radical (unpaired) electrons.